The largest absolute Gasteiger partial charge is 0.352 e. The molecule has 0 atom stereocenters. The molecule has 0 spiro atoms. The van der Waals surface area contributed by atoms with Crippen LogP contribution < -0.4 is 16.0 Å². The third kappa shape index (κ3) is 7.94. The van der Waals surface area contributed by atoms with E-state index in [1.807, 2.05) is 13.0 Å². The topological polar surface area (TPSA) is 70.2 Å². The highest BCUT2D eigenvalue weighted by molar-refractivity contribution is 5.79. The fourth-order valence-corrected chi connectivity index (χ4v) is 3.11. The summed E-state index contributed by atoms with van der Waals surface area (Å²) in [6, 6.07) is 5.66. The monoisotopic (exact) mass is 387 g/mol. The van der Waals surface area contributed by atoms with Crippen LogP contribution in [-0.2, 0) is 11.3 Å². The molecule has 28 heavy (non-hydrogen) atoms. The maximum Gasteiger partial charge on any atom is 0.319 e. The van der Waals surface area contributed by atoms with Crippen molar-refractivity contribution in [1.29, 1.82) is 0 Å². The van der Waals surface area contributed by atoms with Gasteiger partial charge >= 0.3 is 6.03 Å². The van der Waals surface area contributed by atoms with Gasteiger partial charge in [-0.3, -0.25) is 4.79 Å². The van der Waals surface area contributed by atoms with Crippen LogP contribution in [0.2, 0.25) is 0 Å². The normalized spacial score (nSPS) is 15.8. The molecule has 0 aliphatic heterocycles. The maximum absolute atomic E-state index is 12.9. The first-order chi connectivity index (χ1) is 13.4. The van der Waals surface area contributed by atoms with E-state index in [-0.39, 0.29) is 23.7 Å². The Morgan fingerprint density at radius 2 is 1.71 bits per heavy atom. The van der Waals surface area contributed by atoms with E-state index in [0.29, 0.717) is 18.8 Å². The van der Waals surface area contributed by atoms with Crippen molar-refractivity contribution in [3.63, 3.8) is 0 Å². The Kier molecular flexibility index (Phi) is 8.72. The number of carbonyl (C=O) groups is 2. The average Bonchev–Trinajstić information content (AvgIpc) is 2.70. The van der Waals surface area contributed by atoms with Crippen LogP contribution in [0, 0.1) is 11.7 Å². The molecule has 2 rings (SSSR count). The molecule has 0 radical (unpaired) electrons. The van der Waals surface area contributed by atoms with Crippen molar-refractivity contribution in [1.82, 2.24) is 16.0 Å². The molecule has 0 heterocycles. The fraction of sp³-hybridized carbons (Fsp3) is 0.455. The molecule has 5 nitrogen and oxygen atoms in total. The second-order valence-corrected chi connectivity index (χ2v) is 7.35. The summed E-state index contributed by atoms with van der Waals surface area (Å²) in [5.41, 5.74) is 2.52. The molecule has 1 aliphatic rings. The van der Waals surface area contributed by atoms with Gasteiger partial charge in [-0.05, 0) is 50.5 Å². The van der Waals surface area contributed by atoms with Crippen LogP contribution in [0.3, 0.4) is 0 Å². The number of urea groups is 1. The van der Waals surface area contributed by atoms with E-state index in [9.17, 15) is 14.0 Å². The first kappa shape index (κ1) is 21.7. The summed E-state index contributed by atoms with van der Waals surface area (Å²) in [4.78, 5) is 24.1. The lowest BCUT2D eigenvalue weighted by molar-refractivity contribution is -0.125. The zero-order valence-corrected chi connectivity index (χ0v) is 16.7. The predicted molar refractivity (Wildman–Crippen MR) is 109 cm³/mol. The van der Waals surface area contributed by atoms with Crippen molar-refractivity contribution in [2.75, 3.05) is 6.54 Å². The highest BCUT2D eigenvalue weighted by atomic mass is 19.1. The minimum Gasteiger partial charge on any atom is -0.352 e. The summed E-state index contributed by atoms with van der Waals surface area (Å²) in [6.07, 6.45) is 9.19. The van der Waals surface area contributed by atoms with Crippen molar-refractivity contribution < 1.29 is 14.0 Å². The van der Waals surface area contributed by atoms with Crippen LogP contribution >= 0.6 is 0 Å². The van der Waals surface area contributed by atoms with Gasteiger partial charge < -0.3 is 16.0 Å². The van der Waals surface area contributed by atoms with Gasteiger partial charge in [0, 0.05) is 24.7 Å². The van der Waals surface area contributed by atoms with Crippen LogP contribution in [0.1, 0.15) is 51.5 Å². The molecule has 1 aromatic rings. The van der Waals surface area contributed by atoms with E-state index in [2.05, 4.69) is 16.0 Å². The number of allylic oxidation sites excluding steroid dienone is 3. The van der Waals surface area contributed by atoms with Crippen LogP contribution in [0.15, 0.2) is 47.7 Å². The molecule has 1 saturated carbocycles. The van der Waals surface area contributed by atoms with Crippen molar-refractivity contribution in [3.8, 4) is 0 Å². The summed E-state index contributed by atoms with van der Waals surface area (Å²) < 4.78 is 12.9. The van der Waals surface area contributed by atoms with Gasteiger partial charge in [-0.15, -0.1) is 0 Å². The molecule has 1 aliphatic carbocycles. The number of carbonyl (C=O) groups excluding carboxylic acids is 2. The lowest BCUT2D eigenvalue weighted by atomic mass is 9.88. The Balaban J connectivity index is 1.71. The second-order valence-electron chi connectivity index (χ2n) is 7.35. The number of hydrogen-bond acceptors (Lipinski definition) is 2. The Morgan fingerprint density at radius 3 is 2.39 bits per heavy atom. The molecule has 152 valence electrons. The summed E-state index contributed by atoms with van der Waals surface area (Å²) in [5.74, 6) is 0.000752. The van der Waals surface area contributed by atoms with E-state index >= 15 is 0 Å². The lowest BCUT2D eigenvalue weighted by Gasteiger charge is -2.20. The van der Waals surface area contributed by atoms with E-state index < -0.39 is 0 Å². The van der Waals surface area contributed by atoms with Crippen molar-refractivity contribution in [2.45, 2.75) is 52.5 Å². The fourth-order valence-electron chi connectivity index (χ4n) is 3.11. The lowest BCUT2D eigenvalue weighted by Crippen LogP contribution is -2.33. The molecular weight excluding hydrogens is 357 g/mol. The molecule has 0 bridgehead atoms. The Labute approximate surface area is 166 Å². The highest BCUT2D eigenvalue weighted by Gasteiger charge is 2.20. The van der Waals surface area contributed by atoms with Crippen LogP contribution in [-0.4, -0.2) is 18.5 Å². The van der Waals surface area contributed by atoms with Gasteiger partial charge in [-0.1, -0.05) is 43.0 Å². The van der Waals surface area contributed by atoms with E-state index in [1.165, 1.54) is 18.6 Å². The maximum atomic E-state index is 12.9. The number of halogens is 1. The SMILES string of the molecule is C/C(=C\C=C(/C)NC(=O)NCc1ccc(F)cc1)CNC(=O)C1CCCCC1. The molecule has 0 unspecified atom stereocenters. The highest BCUT2D eigenvalue weighted by Crippen LogP contribution is 2.23. The van der Waals surface area contributed by atoms with Gasteiger partial charge in [0.2, 0.25) is 5.91 Å². The van der Waals surface area contributed by atoms with Crippen molar-refractivity contribution in [3.05, 3.63) is 59.1 Å². The minimum absolute atomic E-state index is 0.145. The Bertz CT molecular complexity index is 720. The standard InChI is InChI=1S/C22H30FN3O2/c1-16(14-24-21(27)19-6-4-3-5-7-19)8-9-17(2)26-22(28)25-15-18-10-12-20(23)13-11-18/h8-13,19H,3-7,14-15H2,1-2H3,(H,24,27)(H2,25,26,28)/b16-8+,17-9+. The average molecular weight is 387 g/mol. The second kappa shape index (κ2) is 11.3. The zero-order valence-electron chi connectivity index (χ0n) is 16.7. The van der Waals surface area contributed by atoms with Crippen molar-refractivity contribution >= 4 is 11.9 Å². The molecule has 0 saturated heterocycles. The van der Waals surface area contributed by atoms with Gasteiger partial charge in [0.05, 0.1) is 0 Å². The Morgan fingerprint density at radius 1 is 1.04 bits per heavy atom. The molecular formula is C22H30FN3O2. The summed E-state index contributed by atoms with van der Waals surface area (Å²) in [7, 11) is 0. The third-order valence-electron chi connectivity index (χ3n) is 4.81. The first-order valence-corrected chi connectivity index (χ1v) is 9.85. The zero-order chi connectivity index (χ0) is 20.4. The van der Waals surface area contributed by atoms with E-state index in [0.717, 1.165) is 36.8 Å². The summed E-state index contributed by atoms with van der Waals surface area (Å²) in [6.45, 7) is 4.57. The number of nitrogens with one attached hydrogen (secondary N) is 3. The molecule has 3 amide bonds. The predicted octanol–water partition coefficient (Wildman–Crippen LogP) is 4.17. The van der Waals surface area contributed by atoms with Gasteiger partial charge in [0.1, 0.15) is 5.82 Å². The van der Waals surface area contributed by atoms with Crippen LogP contribution in [0.25, 0.3) is 0 Å². The number of amides is 3. The van der Waals surface area contributed by atoms with Gasteiger partial charge in [-0.25, -0.2) is 9.18 Å². The van der Waals surface area contributed by atoms with Crippen molar-refractivity contribution in [2.24, 2.45) is 5.92 Å². The smallest absolute Gasteiger partial charge is 0.319 e. The molecule has 1 aromatic carbocycles. The third-order valence-corrected chi connectivity index (χ3v) is 4.81. The van der Waals surface area contributed by atoms with E-state index in [1.54, 1.807) is 25.1 Å². The summed E-state index contributed by atoms with van der Waals surface area (Å²) in [5, 5.41) is 8.46. The molecule has 1 fully saturated rings. The van der Waals surface area contributed by atoms with E-state index in [4.69, 9.17) is 0 Å². The van der Waals surface area contributed by atoms with Gasteiger partial charge in [0.15, 0.2) is 0 Å². The Hall–Kier alpha value is -2.63. The minimum atomic E-state index is -0.324. The number of hydrogen-bond donors (Lipinski definition) is 3. The molecule has 6 heteroatoms. The number of benzene rings is 1. The van der Waals surface area contributed by atoms with Crippen LogP contribution in [0.4, 0.5) is 9.18 Å². The van der Waals surface area contributed by atoms with Gasteiger partial charge in [0.25, 0.3) is 0 Å². The molecule has 3 N–H and O–H groups in total. The number of rotatable bonds is 7. The van der Waals surface area contributed by atoms with Gasteiger partial charge in [-0.2, -0.15) is 0 Å². The molecule has 0 aromatic heterocycles. The summed E-state index contributed by atoms with van der Waals surface area (Å²) >= 11 is 0. The van der Waals surface area contributed by atoms with Crippen LogP contribution in [0.5, 0.6) is 0 Å². The quantitative estimate of drug-likeness (QED) is 0.615. The first-order valence-electron chi connectivity index (χ1n) is 9.85.